The summed E-state index contributed by atoms with van der Waals surface area (Å²) in [5, 5.41) is 1.23. The Balaban J connectivity index is 2.67. The van der Waals surface area contributed by atoms with E-state index >= 15 is 0 Å². The molecule has 2 aromatic heterocycles. The van der Waals surface area contributed by atoms with Crippen LogP contribution < -0.4 is 0 Å². The van der Waals surface area contributed by atoms with E-state index in [1.165, 1.54) is 0 Å². The average Bonchev–Trinajstić information content (AvgIpc) is 2.63. The van der Waals surface area contributed by atoms with E-state index in [0.29, 0.717) is 10.9 Å². The third-order valence-electron chi connectivity index (χ3n) is 1.88. The maximum absolute atomic E-state index is 11.4. The Morgan fingerprint density at radius 2 is 2.38 bits per heavy atom. The lowest BCUT2D eigenvalue weighted by atomic mass is 10.1. The SMILES string of the molecule is O=C(CBr)c1ccnc2[nH]ccc12. The monoisotopic (exact) mass is 238 g/mol. The maximum atomic E-state index is 11.4. The third-order valence-corrected chi connectivity index (χ3v) is 2.39. The van der Waals surface area contributed by atoms with Crippen LogP contribution >= 0.6 is 15.9 Å². The molecule has 0 atom stereocenters. The highest BCUT2D eigenvalue weighted by molar-refractivity contribution is 9.09. The molecule has 0 radical (unpaired) electrons. The highest BCUT2D eigenvalue weighted by Gasteiger charge is 2.08. The Labute approximate surface area is 83.3 Å². The fourth-order valence-electron chi connectivity index (χ4n) is 1.28. The van der Waals surface area contributed by atoms with E-state index in [1.807, 2.05) is 6.07 Å². The molecule has 0 saturated carbocycles. The van der Waals surface area contributed by atoms with Crippen molar-refractivity contribution >= 4 is 32.7 Å². The number of hydrogen-bond acceptors (Lipinski definition) is 2. The Morgan fingerprint density at radius 3 is 3.15 bits per heavy atom. The van der Waals surface area contributed by atoms with Gasteiger partial charge in [0.1, 0.15) is 5.65 Å². The third kappa shape index (κ3) is 1.37. The van der Waals surface area contributed by atoms with Crippen LogP contribution in [0.4, 0.5) is 0 Å². The first kappa shape index (κ1) is 8.44. The molecule has 0 aliphatic rings. The molecule has 0 amide bonds. The number of aromatic amines is 1. The number of carbonyl (C=O) groups is 1. The summed E-state index contributed by atoms with van der Waals surface area (Å²) in [6.07, 6.45) is 3.41. The number of alkyl halides is 1. The van der Waals surface area contributed by atoms with Crippen LogP contribution in [-0.4, -0.2) is 21.1 Å². The molecule has 0 unspecified atom stereocenters. The summed E-state index contributed by atoms with van der Waals surface area (Å²) < 4.78 is 0. The molecule has 1 N–H and O–H groups in total. The van der Waals surface area contributed by atoms with Gasteiger partial charge in [0.15, 0.2) is 5.78 Å². The molecule has 2 heterocycles. The summed E-state index contributed by atoms with van der Waals surface area (Å²) >= 11 is 3.15. The van der Waals surface area contributed by atoms with Crippen LogP contribution in [0.1, 0.15) is 10.4 Å². The van der Waals surface area contributed by atoms with Gasteiger partial charge in [-0.15, -0.1) is 0 Å². The van der Waals surface area contributed by atoms with Gasteiger partial charge in [-0.25, -0.2) is 4.98 Å². The fraction of sp³-hybridized carbons (Fsp3) is 0.111. The van der Waals surface area contributed by atoms with Gasteiger partial charge in [-0.2, -0.15) is 0 Å². The topological polar surface area (TPSA) is 45.8 Å². The molecule has 0 saturated heterocycles. The van der Waals surface area contributed by atoms with Crippen LogP contribution in [0.5, 0.6) is 0 Å². The molecular formula is C9H7BrN2O. The first-order valence-electron chi connectivity index (χ1n) is 3.84. The zero-order valence-electron chi connectivity index (χ0n) is 6.75. The van der Waals surface area contributed by atoms with Gasteiger partial charge in [0, 0.05) is 23.3 Å². The second-order valence-corrected chi connectivity index (χ2v) is 3.22. The van der Waals surface area contributed by atoms with Crippen molar-refractivity contribution in [3.05, 3.63) is 30.1 Å². The summed E-state index contributed by atoms with van der Waals surface area (Å²) in [6.45, 7) is 0. The van der Waals surface area contributed by atoms with Crippen molar-refractivity contribution in [2.24, 2.45) is 0 Å². The number of nitrogens with zero attached hydrogens (tertiary/aromatic N) is 1. The second-order valence-electron chi connectivity index (χ2n) is 2.66. The van der Waals surface area contributed by atoms with Gasteiger partial charge in [0.05, 0.1) is 5.33 Å². The van der Waals surface area contributed by atoms with Gasteiger partial charge in [-0.05, 0) is 12.1 Å². The first-order valence-corrected chi connectivity index (χ1v) is 4.96. The zero-order valence-corrected chi connectivity index (χ0v) is 8.34. The lowest BCUT2D eigenvalue weighted by Crippen LogP contribution is -2.00. The fourth-order valence-corrected chi connectivity index (χ4v) is 1.58. The number of nitrogens with one attached hydrogen (secondary N) is 1. The van der Waals surface area contributed by atoms with Crippen molar-refractivity contribution in [3.63, 3.8) is 0 Å². The summed E-state index contributed by atoms with van der Waals surface area (Å²) in [6, 6.07) is 3.60. The Bertz CT molecular complexity index is 450. The van der Waals surface area contributed by atoms with E-state index < -0.39 is 0 Å². The number of rotatable bonds is 2. The van der Waals surface area contributed by atoms with Crippen molar-refractivity contribution < 1.29 is 4.79 Å². The van der Waals surface area contributed by atoms with Crippen molar-refractivity contribution in [1.29, 1.82) is 0 Å². The van der Waals surface area contributed by atoms with E-state index in [4.69, 9.17) is 0 Å². The van der Waals surface area contributed by atoms with E-state index in [1.54, 1.807) is 18.5 Å². The van der Waals surface area contributed by atoms with Crippen LogP contribution in [0.15, 0.2) is 24.5 Å². The number of ketones is 1. The average molecular weight is 239 g/mol. The molecule has 0 aliphatic heterocycles. The molecule has 0 spiro atoms. The summed E-state index contributed by atoms with van der Waals surface area (Å²) in [5.41, 5.74) is 1.47. The second kappa shape index (κ2) is 3.30. The lowest BCUT2D eigenvalue weighted by molar-refractivity contribution is 0.102. The van der Waals surface area contributed by atoms with Crippen molar-refractivity contribution in [2.75, 3.05) is 5.33 Å². The number of H-pyrrole nitrogens is 1. The molecule has 4 heteroatoms. The molecular weight excluding hydrogens is 232 g/mol. The van der Waals surface area contributed by atoms with Gasteiger partial charge >= 0.3 is 0 Å². The number of halogens is 1. The van der Waals surface area contributed by atoms with Gasteiger partial charge < -0.3 is 4.98 Å². The van der Waals surface area contributed by atoms with E-state index in [9.17, 15) is 4.79 Å². The van der Waals surface area contributed by atoms with Crippen LogP contribution in [0.25, 0.3) is 11.0 Å². The molecule has 0 aliphatic carbocycles. The largest absolute Gasteiger partial charge is 0.346 e. The minimum absolute atomic E-state index is 0.0759. The summed E-state index contributed by atoms with van der Waals surface area (Å²) in [7, 11) is 0. The minimum Gasteiger partial charge on any atom is -0.346 e. The molecule has 0 aromatic carbocycles. The lowest BCUT2D eigenvalue weighted by Gasteiger charge is -1.97. The zero-order chi connectivity index (χ0) is 9.26. The standard InChI is InChI=1S/C9H7BrN2O/c10-5-8(13)6-1-3-11-9-7(6)2-4-12-9/h1-4H,5H2,(H,11,12). The number of Topliss-reactive ketones (excluding diaryl/α,β-unsaturated/α-hetero) is 1. The Morgan fingerprint density at radius 1 is 1.54 bits per heavy atom. The van der Waals surface area contributed by atoms with Crippen molar-refractivity contribution in [3.8, 4) is 0 Å². The van der Waals surface area contributed by atoms with E-state index in [2.05, 4.69) is 25.9 Å². The van der Waals surface area contributed by atoms with Crippen molar-refractivity contribution in [2.45, 2.75) is 0 Å². The van der Waals surface area contributed by atoms with Gasteiger partial charge in [0.2, 0.25) is 0 Å². The molecule has 0 fully saturated rings. The van der Waals surface area contributed by atoms with Crippen molar-refractivity contribution in [1.82, 2.24) is 9.97 Å². The predicted molar refractivity (Wildman–Crippen MR) is 54.2 cm³/mol. The maximum Gasteiger partial charge on any atom is 0.174 e. The van der Waals surface area contributed by atoms with Crippen LogP contribution in [0, 0.1) is 0 Å². The highest BCUT2D eigenvalue weighted by Crippen LogP contribution is 2.15. The molecule has 13 heavy (non-hydrogen) atoms. The van der Waals surface area contributed by atoms with Crippen LogP contribution in [0.2, 0.25) is 0 Å². The smallest absolute Gasteiger partial charge is 0.174 e. The molecule has 2 rings (SSSR count). The number of carbonyl (C=O) groups excluding carboxylic acids is 1. The highest BCUT2D eigenvalue weighted by atomic mass is 79.9. The quantitative estimate of drug-likeness (QED) is 0.644. The normalized spacial score (nSPS) is 10.5. The number of pyridine rings is 1. The molecule has 3 nitrogen and oxygen atoms in total. The summed E-state index contributed by atoms with van der Waals surface area (Å²) in [5.74, 6) is 0.0759. The number of aromatic nitrogens is 2. The van der Waals surface area contributed by atoms with E-state index in [-0.39, 0.29) is 5.78 Å². The minimum atomic E-state index is 0.0759. The van der Waals surface area contributed by atoms with Crippen LogP contribution in [-0.2, 0) is 0 Å². The predicted octanol–water partition coefficient (Wildman–Crippen LogP) is 2.14. The van der Waals surface area contributed by atoms with E-state index in [0.717, 1.165) is 11.0 Å². The van der Waals surface area contributed by atoms with Gasteiger partial charge in [-0.1, -0.05) is 15.9 Å². The Hall–Kier alpha value is -1.16. The number of hydrogen-bond donors (Lipinski definition) is 1. The molecule has 66 valence electrons. The summed E-state index contributed by atoms with van der Waals surface area (Å²) in [4.78, 5) is 18.5. The first-order chi connectivity index (χ1) is 6.33. The van der Waals surface area contributed by atoms with Crippen LogP contribution in [0.3, 0.4) is 0 Å². The Kier molecular flexibility index (Phi) is 2.14. The van der Waals surface area contributed by atoms with Gasteiger partial charge in [-0.3, -0.25) is 4.79 Å². The molecule has 2 aromatic rings. The van der Waals surface area contributed by atoms with Gasteiger partial charge in [0.25, 0.3) is 0 Å². The number of fused-ring (bicyclic) bond motifs is 1. The molecule has 0 bridgehead atoms.